The van der Waals surface area contributed by atoms with Gasteiger partial charge in [-0.2, -0.15) is 0 Å². The summed E-state index contributed by atoms with van der Waals surface area (Å²) in [5.41, 5.74) is 2.18. The molecule has 1 aromatic heterocycles. The molecule has 170 valence electrons. The van der Waals surface area contributed by atoms with Gasteiger partial charge in [0.2, 0.25) is 5.95 Å². The van der Waals surface area contributed by atoms with Crippen LogP contribution in [0.3, 0.4) is 0 Å². The van der Waals surface area contributed by atoms with Gasteiger partial charge in [0.05, 0.1) is 12.1 Å². The minimum absolute atomic E-state index is 0.0963. The highest BCUT2D eigenvalue weighted by Crippen LogP contribution is 2.29. The quantitative estimate of drug-likeness (QED) is 0.551. The zero-order chi connectivity index (χ0) is 23.0. The lowest BCUT2D eigenvalue weighted by atomic mass is 10.1. The highest BCUT2D eigenvalue weighted by atomic mass is 35.5. The standard InChI is InChI=1S/C23H22ClN5O3S/c24-19-7-5-17(6-8-19)18-15-25-23(26-16-18)28-12-9-27(10-13-28)11-14-29-22(30)20-3-1-2-4-21(20)33(29,31)32/h1-8,15-16H,9-14H2. The van der Waals surface area contributed by atoms with Gasteiger partial charge in [-0.1, -0.05) is 35.9 Å². The number of carbonyl (C=O) groups is 1. The first-order valence-corrected chi connectivity index (χ1v) is 12.5. The zero-order valence-corrected chi connectivity index (χ0v) is 19.3. The molecule has 1 saturated heterocycles. The van der Waals surface area contributed by atoms with E-state index in [1.807, 2.05) is 24.3 Å². The third-order valence-corrected chi connectivity index (χ3v) is 8.09. The predicted octanol–water partition coefficient (Wildman–Crippen LogP) is 2.76. The normalized spacial score (nSPS) is 17.9. The molecule has 5 rings (SSSR count). The lowest BCUT2D eigenvalue weighted by Crippen LogP contribution is -2.49. The topological polar surface area (TPSA) is 86.7 Å². The van der Waals surface area contributed by atoms with Gasteiger partial charge in [-0.25, -0.2) is 22.7 Å². The Morgan fingerprint density at radius 1 is 0.848 bits per heavy atom. The van der Waals surface area contributed by atoms with Gasteiger partial charge in [0.25, 0.3) is 15.9 Å². The van der Waals surface area contributed by atoms with Crippen molar-refractivity contribution in [3.63, 3.8) is 0 Å². The fourth-order valence-corrected chi connectivity index (χ4v) is 5.82. The molecule has 10 heteroatoms. The van der Waals surface area contributed by atoms with E-state index in [1.54, 1.807) is 30.6 Å². The van der Waals surface area contributed by atoms with Crippen LogP contribution in [-0.4, -0.2) is 72.8 Å². The molecule has 2 aromatic carbocycles. The van der Waals surface area contributed by atoms with Crippen molar-refractivity contribution in [2.24, 2.45) is 0 Å². The number of amides is 1. The highest BCUT2D eigenvalue weighted by Gasteiger charge is 2.40. The van der Waals surface area contributed by atoms with Crippen molar-refractivity contribution in [1.29, 1.82) is 0 Å². The van der Waals surface area contributed by atoms with Crippen LogP contribution in [0.25, 0.3) is 11.1 Å². The fourth-order valence-electron chi connectivity index (χ4n) is 4.13. The number of hydrogen-bond donors (Lipinski definition) is 0. The van der Waals surface area contributed by atoms with Gasteiger partial charge in [0.15, 0.2) is 0 Å². The van der Waals surface area contributed by atoms with E-state index < -0.39 is 15.9 Å². The van der Waals surface area contributed by atoms with E-state index in [0.717, 1.165) is 41.6 Å². The van der Waals surface area contributed by atoms with Gasteiger partial charge in [0, 0.05) is 55.7 Å². The lowest BCUT2D eigenvalue weighted by Gasteiger charge is -2.35. The summed E-state index contributed by atoms with van der Waals surface area (Å²) in [7, 11) is -3.76. The van der Waals surface area contributed by atoms with Crippen LogP contribution in [0.2, 0.25) is 5.02 Å². The van der Waals surface area contributed by atoms with E-state index in [1.165, 1.54) is 6.07 Å². The first-order valence-electron chi connectivity index (χ1n) is 10.6. The molecule has 3 aromatic rings. The van der Waals surface area contributed by atoms with Crippen molar-refractivity contribution in [3.05, 3.63) is 71.5 Å². The molecule has 0 N–H and O–H groups in total. The number of anilines is 1. The fraction of sp³-hybridized carbons (Fsp3) is 0.261. The van der Waals surface area contributed by atoms with Crippen molar-refractivity contribution in [3.8, 4) is 11.1 Å². The Kier molecular flexibility index (Phi) is 5.77. The Morgan fingerprint density at radius 2 is 1.52 bits per heavy atom. The molecule has 0 atom stereocenters. The van der Waals surface area contributed by atoms with E-state index >= 15 is 0 Å². The number of benzene rings is 2. The van der Waals surface area contributed by atoms with Crippen LogP contribution < -0.4 is 4.90 Å². The number of piperazine rings is 1. The molecule has 0 aliphatic carbocycles. The summed E-state index contributed by atoms with van der Waals surface area (Å²) >= 11 is 5.95. The molecule has 2 aliphatic heterocycles. The molecular formula is C23H22ClN5O3S. The summed E-state index contributed by atoms with van der Waals surface area (Å²) in [4.78, 5) is 26.0. The molecule has 8 nitrogen and oxygen atoms in total. The van der Waals surface area contributed by atoms with Gasteiger partial charge in [-0.05, 0) is 29.8 Å². The van der Waals surface area contributed by atoms with Crippen LogP contribution in [0.5, 0.6) is 0 Å². The second kappa shape index (κ2) is 8.74. The third-order valence-electron chi connectivity index (χ3n) is 6.00. The number of carbonyl (C=O) groups excluding carboxylic acids is 1. The lowest BCUT2D eigenvalue weighted by molar-refractivity contribution is 0.0858. The summed E-state index contributed by atoms with van der Waals surface area (Å²) < 4.78 is 26.4. The number of nitrogens with zero attached hydrogens (tertiary/aromatic N) is 5. The average molecular weight is 484 g/mol. The number of rotatable bonds is 5. The first kappa shape index (κ1) is 21.8. The molecule has 3 heterocycles. The van der Waals surface area contributed by atoms with Crippen LogP contribution in [0.4, 0.5) is 5.95 Å². The van der Waals surface area contributed by atoms with E-state index in [2.05, 4.69) is 19.8 Å². The Hall–Kier alpha value is -3.01. The molecule has 0 bridgehead atoms. The average Bonchev–Trinajstić information content (AvgIpc) is 3.04. The largest absolute Gasteiger partial charge is 0.338 e. The SMILES string of the molecule is O=C1c2ccccc2S(=O)(=O)N1CCN1CCN(c2ncc(-c3ccc(Cl)cc3)cn2)CC1. The molecular weight excluding hydrogens is 462 g/mol. The second-order valence-electron chi connectivity index (χ2n) is 7.99. The van der Waals surface area contributed by atoms with Gasteiger partial charge >= 0.3 is 0 Å². The third kappa shape index (κ3) is 4.19. The van der Waals surface area contributed by atoms with Crippen molar-refractivity contribution < 1.29 is 13.2 Å². The summed E-state index contributed by atoms with van der Waals surface area (Å²) in [5, 5.41) is 0.686. The van der Waals surface area contributed by atoms with Crippen LogP contribution in [-0.2, 0) is 10.0 Å². The van der Waals surface area contributed by atoms with E-state index in [0.29, 0.717) is 17.5 Å². The van der Waals surface area contributed by atoms with Crippen molar-refractivity contribution in [2.75, 3.05) is 44.2 Å². The van der Waals surface area contributed by atoms with Gasteiger partial charge in [-0.15, -0.1) is 0 Å². The number of hydrogen-bond acceptors (Lipinski definition) is 7. The Balaban J connectivity index is 1.17. The summed E-state index contributed by atoms with van der Waals surface area (Å²) in [6.07, 6.45) is 3.61. The molecule has 2 aliphatic rings. The second-order valence-corrected chi connectivity index (χ2v) is 10.3. The molecule has 0 radical (unpaired) electrons. The summed E-state index contributed by atoms with van der Waals surface area (Å²) in [6, 6.07) is 13.9. The monoisotopic (exact) mass is 483 g/mol. The van der Waals surface area contributed by atoms with Crippen LogP contribution in [0.1, 0.15) is 10.4 Å². The van der Waals surface area contributed by atoms with Crippen LogP contribution >= 0.6 is 11.6 Å². The van der Waals surface area contributed by atoms with Crippen LogP contribution in [0, 0.1) is 0 Å². The molecule has 0 saturated carbocycles. The molecule has 0 spiro atoms. The van der Waals surface area contributed by atoms with Crippen molar-refractivity contribution in [1.82, 2.24) is 19.2 Å². The van der Waals surface area contributed by atoms with Gasteiger partial charge in [0.1, 0.15) is 4.90 Å². The molecule has 1 fully saturated rings. The maximum absolute atomic E-state index is 12.7. The highest BCUT2D eigenvalue weighted by molar-refractivity contribution is 7.90. The van der Waals surface area contributed by atoms with Crippen molar-refractivity contribution in [2.45, 2.75) is 4.90 Å². The maximum atomic E-state index is 12.7. The first-order chi connectivity index (χ1) is 15.9. The maximum Gasteiger partial charge on any atom is 0.269 e. The van der Waals surface area contributed by atoms with Crippen LogP contribution in [0.15, 0.2) is 65.8 Å². The van der Waals surface area contributed by atoms with Gasteiger partial charge in [-0.3, -0.25) is 9.69 Å². The Bertz CT molecular complexity index is 1270. The van der Waals surface area contributed by atoms with Crippen molar-refractivity contribution >= 4 is 33.5 Å². The Morgan fingerprint density at radius 3 is 2.18 bits per heavy atom. The number of sulfonamides is 1. The van der Waals surface area contributed by atoms with E-state index in [9.17, 15) is 13.2 Å². The number of halogens is 1. The minimum Gasteiger partial charge on any atom is -0.338 e. The molecule has 33 heavy (non-hydrogen) atoms. The number of aromatic nitrogens is 2. The summed E-state index contributed by atoms with van der Waals surface area (Å²) in [5.74, 6) is 0.221. The number of fused-ring (bicyclic) bond motifs is 1. The predicted molar refractivity (Wildman–Crippen MR) is 126 cm³/mol. The van der Waals surface area contributed by atoms with Gasteiger partial charge < -0.3 is 4.90 Å². The smallest absolute Gasteiger partial charge is 0.269 e. The minimum atomic E-state index is -3.76. The molecule has 1 amide bonds. The van der Waals surface area contributed by atoms with E-state index in [4.69, 9.17) is 11.6 Å². The van der Waals surface area contributed by atoms with E-state index in [-0.39, 0.29) is 17.0 Å². The Labute approximate surface area is 197 Å². The molecule has 0 unspecified atom stereocenters. The summed E-state index contributed by atoms with van der Waals surface area (Å²) in [6.45, 7) is 3.54. The zero-order valence-electron chi connectivity index (χ0n) is 17.8.